The lowest BCUT2D eigenvalue weighted by molar-refractivity contribution is -0.0340. The molecule has 0 radical (unpaired) electrons. The van der Waals surface area contributed by atoms with Gasteiger partial charge in [0.2, 0.25) is 0 Å². The molecule has 8 heteroatoms. The second kappa shape index (κ2) is 6.44. The van der Waals surface area contributed by atoms with Crippen LogP contribution in [0.5, 0.6) is 6.01 Å². The zero-order valence-electron chi connectivity index (χ0n) is 14.1. The van der Waals surface area contributed by atoms with Crippen molar-refractivity contribution in [3.05, 3.63) is 36.3 Å². The number of oxazole rings is 1. The summed E-state index contributed by atoms with van der Waals surface area (Å²) in [7, 11) is 0. The maximum Gasteiger partial charge on any atom is 0.316 e. The van der Waals surface area contributed by atoms with E-state index in [4.69, 9.17) is 13.9 Å². The summed E-state index contributed by atoms with van der Waals surface area (Å²) < 4.78 is 16.7. The number of amides is 1. The number of piperidine rings is 1. The zero-order valence-corrected chi connectivity index (χ0v) is 14.1. The van der Waals surface area contributed by atoms with Crippen LogP contribution in [0.2, 0.25) is 0 Å². The number of aryl methyl sites for hydroxylation is 1. The highest BCUT2D eigenvalue weighted by Gasteiger charge is 2.50. The Balaban J connectivity index is 1.50. The molecule has 2 aliphatic rings. The van der Waals surface area contributed by atoms with Gasteiger partial charge in [0.15, 0.2) is 12.1 Å². The normalized spacial score (nSPS) is 25.6. The summed E-state index contributed by atoms with van der Waals surface area (Å²) in [5, 5.41) is 0. The summed E-state index contributed by atoms with van der Waals surface area (Å²) in [5.41, 5.74) is 0.939. The highest BCUT2D eigenvalue weighted by molar-refractivity contribution is 5.92. The van der Waals surface area contributed by atoms with Crippen molar-refractivity contribution in [2.45, 2.75) is 25.9 Å². The largest absolute Gasteiger partial charge is 0.463 e. The first-order chi connectivity index (χ1) is 12.2. The first kappa shape index (κ1) is 16.0. The fourth-order valence-electron chi connectivity index (χ4n) is 3.61. The molecule has 4 rings (SSSR count). The SMILES string of the molecule is Cc1ccnc(OC[C@]23CCO[C@H]2CCN(C(=O)c2cocn2)C3)n1. The molecule has 2 aromatic heterocycles. The third-order valence-electron chi connectivity index (χ3n) is 4.97. The summed E-state index contributed by atoms with van der Waals surface area (Å²) >= 11 is 0. The molecule has 0 unspecified atom stereocenters. The number of hydrogen-bond acceptors (Lipinski definition) is 7. The number of fused-ring (bicyclic) bond motifs is 1. The smallest absolute Gasteiger partial charge is 0.316 e. The fourth-order valence-corrected chi connectivity index (χ4v) is 3.61. The van der Waals surface area contributed by atoms with Gasteiger partial charge >= 0.3 is 6.01 Å². The van der Waals surface area contributed by atoms with Crippen molar-refractivity contribution in [2.24, 2.45) is 5.41 Å². The van der Waals surface area contributed by atoms with Crippen molar-refractivity contribution in [1.82, 2.24) is 19.9 Å². The Morgan fingerprint density at radius 2 is 2.40 bits per heavy atom. The van der Waals surface area contributed by atoms with Gasteiger partial charge < -0.3 is 18.8 Å². The Morgan fingerprint density at radius 1 is 1.48 bits per heavy atom. The van der Waals surface area contributed by atoms with E-state index in [9.17, 15) is 4.79 Å². The highest BCUT2D eigenvalue weighted by Crippen LogP contribution is 2.41. The van der Waals surface area contributed by atoms with Crippen molar-refractivity contribution < 1.29 is 18.7 Å². The molecule has 0 aliphatic carbocycles. The maximum absolute atomic E-state index is 12.6. The van der Waals surface area contributed by atoms with E-state index in [1.54, 1.807) is 6.20 Å². The van der Waals surface area contributed by atoms with Crippen LogP contribution in [0.3, 0.4) is 0 Å². The van der Waals surface area contributed by atoms with Gasteiger partial charge in [-0.15, -0.1) is 0 Å². The minimum Gasteiger partial charge on any atom is -0.463 e. The van der Waals surface area contributed by atoms with Crippen molar-refractivity contribution >= 4 is 5.91 Å². The Bertz CT molecular complexity index is 751. The number of hydrogen-bond donors (Lipinski definition) is 0. The first-order valence-corrected chi connectivity index (χ1v) is 8.38. The van der Waals surface area contributed by atoms with E-state index >= 15 is 0 Å². The van der Waals surface area contributed by atoms with E-state index in [0.717, 1.165) is 18.5 Å². The summed E-state index contributed by atoms with van der Waals surface area (Å²) in [5.74, 6) is -0.120. The quantitative estimate of drug-likeness (QED) is 0.829. The summed E-state index contributed by atoms with van der Waals surface area (Å²) in [6.07, 6.45) is 6.03. The molecular weight excluding hydrogens is 324 g/mol. The van der Waals surface area contributed by atoms with Crippen molar-refractivity contribution in [3.63, 3.8) is 0 Å². The van der Waals surface area contributed by atoms with Crippen LogP contribution in [0.1, 0.15) is 29.0 Å². The highest BCUT2D eigenvalue weighted by atomic mass is 16.5. The minimum atomic E-state index is -0.245. The Kier molecular flexibility index (Phi) is 4.12. The molecule has 2 aromatic rings. The van der Waals surface area contributed by atoms with Gasteiger partial charge in [0.1, 0.15) is 12.9 Å². The molecule has 132 valence electrons. The molecule has 2 saturated heterocycles. The van der Waals surface area contributed by atoms with Gasteiger partial charge in [-0.1, -0.05) is 0 Å². The molecule has 0 spiro atoms. The summed E-state index contributed by atoms with van der Waals surface area (Å²) in [4.78, 5) is 26.8. The van der Waals surface area contributed by atoms with Crippen LogP contribution in [0.25, 0.3) is 0 Å². The second-order valence-electron chi connectivity index (χ2n) is 6.63. The average Bonchev–Trinajstić information content (AvgIpc) is 3.29. The van der Waals surface area contributed by atoms with E-state index in [0.29, 0.717) is 38.0 Å². The number of carbonyl (C=O) groups excluding carboxylic acids is 1. The van der Waals surface area contributed by atoms with Crippen molar-refractivity contribution in [1.29, 1.82) is 0 Å². The van der Waals surface area contributed by atoms with Crippen LogP contribution in [0, 0.1) is 12.3 Å². The molecular formula is C17H20N4O4. The molecule has 0 bridgehead atoms. The van der Waals surface area contributed by atoms with Gasteiger partial charge in [0.25, 0.3) is 5.91 Å². The van der Waals surface area contributed by atoms with Gasteiger partial charge in [-0.2, -0.15) is 0 Å². The molecule has 8 nitrogen and oxygen atoms in total. The summed E-state index contributed by atoms with van der Waals surface area (Å²) in [6.45, 7) is 4.19. The Morgan fingerprint density at radius 3 is 3.20 bits per heavy atom. The lowest BCUT2D eigenvalue weighted by atomic mass is 9.77. The third kappa shape index (κ3) is 3.09. The monoisotopic (exact) mass is 344 g/mol. The molecule has 2 aliphatic heterocycles. The number of ether oxygens (including phenoxy) is 2. The third-order valence-corrected chi connectivity index (χ3v) is 4.97. The number of likely N-dealkylation sites (tertiary alicyclic amines) is 1. The van der Waals surface area contributed by atoms with Crippen LogP contribution < -0.4 is 4.74 Å². The zero-order chi connectivity index (χ0) is 17.3. The molecule has 4 heterocycles. The lowest BCUT2D eigenvalue weighted by Gasteiger charge is -2.42. The predicted octanol–water partition coefficient (Wildman–Crippen LogP) is 1.47. The number of rotatable bonds is 4. The lowest BCUT2D eigenvalue weighted by Crippen LogP contribution is -2.54. The molecule has 0 aromatic carbocycles. The Labute approximate surface area is 145 Å². The molecule has 2 fully saturated rings. The molecule has 25 heavy (non-hydrogen) atoms. The van der Waals surface area contributed by atoms with Crippen LogP contribution >= 0.6 is 0 Å². The number of aromatic nitrogens is 3. The van der Waals surface area contributed by atoms with Gasteiger partial charge in [-0.25, -0.2) is 15.0 Å². The Hall–Kier alpha value is -2.48. The minimum absolute atomic E-state index is 0.0821. The molecule has 0 N–H and O–H groups in total. The molecule has 0 saturated carbocycles. The average molecular weight is 344 g/mol. The molecule has 2 atom stereocenters. The topological polar surface area (TPSA) is 90.6 Å². The van der Waals surface area contributed by atoms with Crippen LogP contribution in [0.4, 0.5) is 0 Å². The van der Waals surface area contributed by atoms with Crippen LogP contribution in [-0.4, -0.2) is 58.2 Å². The van der Waals surface area contributed by atoms with Gasteiger partial charge in [-0.3, -0.25) is 4.79 Å². The maximum atomic E-state index is 12.6. The molecule has 1 amide bonds. The van der Waals surface area contributed by atoms with Crippen LogP contribution in [0.15, 0.2) is 29.3 Å². The second-order valence-corrected chi connectivity index (χ2v) is 6.63. The van der Waals surface area contributed by atoms with E-state index in [1.165, 1.54) is 12.7 Å². The van der Waals surface area contributed by atoms with E-state index in [-0.39, 0.29) is 17.4 Å². The van der Waals surface area contributed by atoms with Gasteiger partial charge in [0.05, 0.1) is 11.5 Å². The van der Waals surface area contributed by atoms with E-state index in [1.807, 2.05) is 17.9 Å². The standard InChI is InChI=1S/C17H20N4O4/c1-12-2-5-18-16(20-12)25-10-17-4-7-24-14(17)3-6-21(9-17)15(22)13-8-23-11-19-13/h2,5,8,11,14H,3-4,6-7,9-10H2,1H3/t14-,17+/m0/s1. The van der Waals surface area contributed by atoms with E-state index in [2.05, 4.69) is 15.0 Å². The van der Waals surface area contributed by atoms with Crippen molar-refractivity contribution in [2.75, 3.05) is 26.3 Å². The van der Waals surface area contributed by atoms with E-state index < -0.39 is 0 Å². The summed E-state index contributed by atoms with van der Waals surface area (Å²) in [6, 6.07) is 2.19. The van der Waals surface area contributed by atoms with Crippen molar-refractivity contribution in [3.8, 4) is 6.01 Å². The van der Waals surface area contributed by atoms with Gasteiger partial charge in [0, 0.05) is 31.6 Å². The predicted molar refractivity (Wildman–Crippen MR) is 86.1 cm³/mol. The number of carbonyl (C=O) groups is 1. The fraction of sp³-hybridized carbons (Fsp3) is 0.529. The number of nitrogens with zero attached hydrogens (tertiary/aromatic N) is 4. The van der Waals surface area contributed by atoms with Gasteiger partial charge in [-0.05, 0) is 25.8 Å². The first-order valence-electron chi connectivity index (χ1n) is 8.38. The van der Waals surface area contributed by atoms with Crippen LogP contribution in [-0.2, 0) is 4.74 Å².